The van der Waals surface area contributed by atoms with Gasteiger partial charge in [0.25, 0.3) is 5.91 Å². The second kappa shape index (κ2) is 5.49. The Morgan fingerprint density at radius 1 is 1.16 bits per heavy atom. The Kier molecular flexibility index (Phi) is 3.77. The van der Waals surface area contributed by atoms with Crippen molar-refractivity contribution in [3.63, 3.8) is 0 Å². The summed E-state index contributed by atoms with van der Waals surface area (Å²) < 4.78 is 13.6. The van der Waals surface area contributed by atoms with E-state index in [1.807, 2.05) is 0 Å². The monoisotopic (exact) mass is 259 g/mol. The largest absolute Gasteiger partial charge is 0.324 e. The number of nitrogens with two attached hydrogens (primary N) is 1. The van der Waals surface area contributed by atoms with Gasteiger partial charge in [0.05, 0.1) is 5.69 Å². The van der Waals surface area contributed by atoms with Gasteiger partial charge in [0.2, 0.25) is 0 Å². The zero-order chi connectivity index (χ0) is 13.8. The van der Waals surface area contributed by atoms with E-state index in [1.54, 1.807) is 42.5 Å². The molecule has 5 heteroatoms. The van der Waals surface area contributed by atoms with Crippen LogP contribution in [0.2, 0.25) is 0 Å². The first-order valence-corrected chi connectivity index (χ1v) is 5.72. The van der Waals surface area contributed by atoms with E-state index < -0.39 is 5.82 Å². The van der Waals surface area contributed by atoms with Crippen LogP contribution in [0.5, 0.6) is 0 Å². The van der Waals surface area contributed by atoms with Crippen LogP contribution in [0.15, 0.2) is 48.5 Å². The molecule has 0 aliphatic rings. The second-order valence-electron chi connectivity index (χ2n) is 4.04. The molecule has 2 aromatic rings. The number of para-hydroxylation sites is 1. The molecule has 4 nitrogen and oxygen atoms in total. The van der Waals surface area contributed by atoms with Gasteiger partial charge < -0.3 is 10.3 Å². The topological polar surface area (TPSA) is 58.4 Å². The van der Waals surface area contributed by atoms with E-state index in [4.69, 9.17) is 5.84 Å². The van der Waals surface area contributed by atoms with Crippen molar-refractivity contribution in [3.8, 4) is 0 Å². The molecule has 0 aliphatic carbocycles. The number of rotatable bonds is 3. The van der Waals surface area contributed by atoms with Gasteiger partial charge in [0, 0.05) is 18.3 Å². The van der Waals surface area contributed by atoms with E-state index in [0.29, 0.717) is 11.3 Å². The molecule has 0 atom stereocenters. The van der Waals surface area contributed by atoms with Crippen LogP contribution < -0.4 is 16.2 Å². The molecule has 0 radical (unpaired) electrons. The van der Waals surface area contributed by atoms with Crippen molar-refractivity contribution in [2.24, 2.45) is 5.84 Å². The Morgan fingerprint density at radius 2 is 1.79 bits per heavy atom. The lowest BCUT2D eigenvalue weighted by atomic mass is 10.1. The van der Waals surface area contributed by atoms with Crippen molar-refractivity contribution in [2.45, 2.75) is 0 Å². The highest BCUT2D eigenvalue weighted by Crippen LogP contribution is 2.19. The van der Waals surface area contributed by atoms with Gasteiger partial charge in [-0.1, -0.05) is 12.1 Å². The minimum atomic E-state index is -0.432. The maximum atomic E-state index is 13.6. The van der Waals surface area contributed by atoms with E-state index in [0.717, 1.165) is 0 Å². The fraction of sp³-hybridized carbons (Fsp3) is 0.0714. The van der Waals surface area contributed by atoms with Crippen LogP contribution in [0.25, 0.3) is 0 Å². The summed E-state index contributed by atoms with van der Waals surface area (Å²) in [5, 5.41) is 0. The number of hydrogen-bond donors (Lipinski definition) is 2. The molecule has 0 aliphatic heterocycles. The summed E-state index contributed by atoms with van der Waals surface area (Å²) >= 11 is 0. The van der Waals surface area contributed by atoms with Gasteiger partial charge in [-0.15, -0.1) is 0 Å². The van der Waals surface area contributed by atoms with Crippen molar-refractivity contribution in [2.75, 3.05) is 17.4 Å². The molecule has 0 saturated carbocycles. The quantitative estimate of drug-likeness (QED) is 0.657. The van der Waals surface area contributed by atoms with Crippen molar-refractivity contribution in [1.29, 1.82) is 0 Å². The van der Waals surface area contributed by atoms with E-state index in [9.17, 15) is 9.18 Å². The molecule has 0 unspecified atom stereocenters. The molecule has 19 heavy (non-hydrogen) atoms. The number of anilines is 2. The Bertz CT molecular complexity index is 583. The predicted molar refractivity (Wildman–Crippen MR) is 73.4 cm³/mol. The van der Waals surface area contributed by atoms with Crippen LogP contribution in [0.3, 0.4) is 0 Å². The lowest BCUT2D eigenvalue weighted by Crippen LogP contribution is -2.27. The maximum absolute atomic E-state index is 13.6. The van der Waals surface area contributed by atoms with Crippen LogP contribution in [0.1, 0.15) is 10.4 Å². The fourth-order valence-corrected chi connectivity index (χ4v) is 1.74. The molecule has 0 saturated heterocycles. The molecule has 3 N–H and O–H groups in total. The first-order chi connectivity index (χ1) is 9.13. The van der Waals surface area contributed by atoms with Gasteiger partial charge in [-0.2, -0.15) is 0 Å². The Hall–Kier alpha value is -2.40. The number of carbonyl (C=O) groups is 1. The fourth-order valence-electron chi connectivity index (χ4n) is 1.74. The standard InChI is InChI=1S/C14H14FN3O/c1-18(13-5-3-2-4-12(13)15)14(19)10-6-8-11(17-16)9-7-10/h2-9,17H,16H2,1H3. The Morgan fingerprint density at radius 3 is 2.37 bits per heavy atom. The molecule has 0 fully saturated rings. The zero-order valence-corrected chi connectivity index (χ0v) is 10.4. The molecule has 1 amide bonds. The molecular formula is C14H14FN3O. The van der Waals surface area contributed by atoms with Crippen LogP contribution in [-0.2, 0) is 0 Å². The normalized spacial score (nSPS) is 10.1. The molecule has 2 rings (SSSR count). The number of nitrogen functional groups attached to an aromatic ring is 1. The summed E-state index contributed by atoms with van der Waals surface area (Å²) in [5.74, 6) is 4.54. The van der Waals surface area contributed by atoms with Crippen molar-refractivity contribution in [1.82, 2.24) is 0 Å². The lowest BCUT2D eigenvalue weighted by molar-refractivity contribution is 0.0992. The highest BCUT2D eigenvalue weighted by Gasteiger charge is 2.15. The summed E-state index contributed by atoms with van der Waals surface area (Å²) in [4.78, 5) is 13.5. The van der Waals surface area contributed by atoms with Crippen molar-refractivity contribution >= 4 is 17.3 Å². The average Bonchev–Trinajstić information content (AvgIpc) is 2.46. The third kappa shape index (κ3) is 2.71. The smallest absolute Gasteiger partial charge is 0.258 e. The minimum Gasteiger partial charge on any atom is -0.324 e. The molecule has 0 spiro atoms. The summed E-state index contributed by atoms with van der Waals surface area (Å²) in [6.07, 6.45) is 0. The SMILES string of the molecule is CN(C(=O)c1ccc(NN)cc1)c1ccccc1F. The van der Waals surface area contributed by atoms with Crippen LogP contribution >= 0.6 is 0 Å². The van der Waals surface area contributed by atoms with Crippen LogP contribution in [0, 0.1) is 5.82 Å². The Labute approximate surface area is 110 Å². The van der Waals surface area contributed by atoms with Gasteiger partial charge in [-0.25, -0.2) is 4.39 Å². The highest BCUT2D eigenvalue weighted by molar-refractivity contribution is 6.05. The molecule has 0 heterocycles. The van der Waals surface area contributed by atoms with Crippen LogP contribution in [-0.4, -0.2) is 13.0 Å². The van der Waals surface area contributed by atoms with Gasteiger partial charge in [-0.3, -0.25) is 10.6 Å². The second-order valence-corrected chi connectivity index (χ2v) is 4.04. The van der Waals surface area contributed by atoms with E-state index in [-0.39, 0.29) is 11.6 Å². The third-order valence-corrected chi connectivity index (χ3v) is 2.82. The van der Waals surface area contributed by atoms with E-state index in [2.05, 4.69) is 5.43 Å². The summed E-state index contributed by atoms with van der Waals surface area (Å²) in [7, 11) is 1.54. The number of halogens is 1. The number of hydrazine groups is 1. The summed E-state index contributed by atoms with van der Waals surface area (Å²) in [6.45, 7) is 0. The van der Waals surface area contributed by atoms with Crippen LogP contribution in [0.4, 0.5) is 15.8 Å². The molecule has 0 bridgehead atoms. The summed E-state index contributed by atoms with van der Waals surface area (Å²) in [5.41, 5.74) is 3.88. The van der Waals surface area contributed by atoms with Gasteiger partial charge in [0.1, 0.15) is 5.82 Å². The number of benzene rings is 2. The minimum absolute atomic E-state index is 0.244. The highest BCUT2D eigenvalue weighted by atomic mass is 19.1. The van der Waals surface area contributed by atoms with Crippen molar-refractivity contribution < 1.29 is 9.18 Å². The summed E-state index contributed by atoms with van der Waals surface area (Å²) in [6, 6.07) is 12.8. The molecule has 0 aromatic heterocycles. The van der Waals surface area contributed by atoms with Gasteiger partial charge >= 0.3 is 0 Å². The third-order valence-electron chi connectivity index (χ3n) is 2.82. The van der Waals surface area contributed by atoms with Gasteiger partial charge in [0.15, 0.2) is 0 Å². The maximum Gasteiger partial charge on any atom is 0.258 e. The number of amides is 1. The predicted octanol–water partition coefficient (Wildman–Crippen LogP) is 2.39. The average molecular weight is 259 g/mol. The van der Waals surface area contributed by atoms with E-state index in [1.165, 1.54) is 18.0 Å². The first-order valence-electron chi connectivity index (χ1n) is 5.72. The number of nitrogens with zero attached hydrogens (tertiary/aromatic N) is 1. The number of carbonyl (C=O) groups excluding carboxylic acids is 1. The van der Waals surface area contributed by atoms with Gasteiger partial charge in [-0.05, 0) is 36.4 Å². The lowest BCUT2D eigenvalue weighted by Gasteiger charge is -2.18. The molecule has 2 aromatic carbocycles. The number of nitrogens with one attached hydrogen (secondary N) is 1. The molecule has 98 valence electrons. The Balaban J connectivity index is 2.26. The molecular weight excluding hydrogens is 245 g/mol. The van der Waals surface area contributed by atoms with E-state index >= 15 is 0 Å². The first kappa shape index (κ1) is 13.0. The zero-order valence-electron chi connectivity index (χ0n) is 10.4. The number of hydrogen-bond acceptors (Lipinski definition) is 3. The van der Waals surface area contributed by atoms with Crippen molar-refractivity contribution in [3.05, 3.63) is 59.9 Å².